The quantitative estimate of drug-likeness (QED) is 0.830. The van der Waals surface area contributed by atoms with Crippen LogP contribution in [0.1, 0.15) is 35.6 Å². The molecule has 1 N–H and O–H groups in total. The molecule has 0 radical (unpaired) electrons. The van der Waals surface area contributed by atoms with Crippen molar-refractivity contribution in [3.05, 3.63) is 52.6 Å². The van der Waals surface area contributed by atoms with E-state index in [-0.39, 0.29) is 18.7 Å². The molecule has 3 rings (SSSR count). The Morgan fingerprint density at radius 1 is 1.11 bits per heavy atom. The lowest BCUT2D eigenvalue weighted by Gasteiger charge is -2.23. The maximum atomic E-state index is 13.2. The number of benzene rings is 2. The third-order valence-corrected chi connectivity index (χ3v) is 5.05. The molecule has 148 valence electrons. The van der Waals surface area contributed by atoms with Gasteiger partial charge < -0.3 is 19.5 Å². The molecule has 1 amide bonds. The molecular weight excluding hydrogens is 358 g/mol. The number of anilines is 1. The van der Waals surface area contributed by atoms with Gasteiger partial charge in [-0.3, -0.25) is 9.59 Å². The van der Waals surface area contributed by atoms with Gasteiger partial charge in [-0.2, -0.15) is 0 Å². The van der Waals surface area contributed by atoms with Gasteiger partial charge in [0.25, 0.3) is 5.91 Å². The van der Waals surface area contributed by atoms with Crippen LogP contribution in [0, 0.1) is 13.8 Å². The van der Waals surface area contributed by atoms with Gasteiger partial charge in [0, 0.05) is 12.0 Å². The number of ketones is 1. The summed E-state index contributed by atoms with van der Waals surface area (Å²) in [6, 6.07) is 9.18. The van der Waals surface area contributed by atoms with E-state index in [4.69, 9.17) is 9.47 Å². The number of aliphatic hydroxyl groups is 1. The van der Waals surface area contributed by atoms with Crippen LogP contribution < -0.4 is 14.4 Å². The molecule has 0 aromatic heterocycles. The van der Waals surface area contributed by atoms with Crippen molar-refractivity contribution < 1.29 is 24.2 Å². The number of Topliss-reactive ketones (excluding diaryl/α,β-unsaturated/α-hetero) is 1. The maximum absolute atomic E-state index is 13.2. The Bertz CT molecular complexity index is 952. The first-order valence-corrected chi connectivity index (χ1v) is 9.07. The fraction of sp³-hybridized carbons (Fsp3) is 0.364. The van der Waals surface area contributed by atoms with E-state index >= 15 is 0 Å². The first kappa shape index (κ1) is 19.9. The van der Waals surface area contributed by atoms with Gasteiger partial charge in [0.1, 0.15) is 5.78 Å². The summed E-state index contributed by atoms with van der Waals surface area (Å²) < 4.78 is 10.6. The molecule has 28 heavy (non-hydrogen) atoms. The minimum Gasteiger partial charge on any atom is -0.493 e. The Hall–Kier alpha value is -2.86. The maximum Gasteiger partial charge on any atom is 0.264 e. The van der Waals surface area contributed by atoms with E-state index in [9.17, 15) is 14.7 Å². The summed E-state index contributed by atoms with van der Waals surface area (Å²) >= 11 is 0. The summed E-state index contributed by atoms with van der Waals surface area (Å²) in [5.41, 5.74) is 1.94. The van der Waals surface area contributed by atoms with Crippen LogP contribution >= 0.6 is 0 Å². The number of ether oxygens (including phenoxy) is 2. The summed E-state index contributed by atoms with van der Waals surface area (Å²) in [5, 5.41) is 11.2. The SMILES string of the molecule is COc1ccc(CN2C(=O)C(O)(CC(C)=O)c3cc(C)cc(C)c32)cc1OC. The molecule has 0 saturated carbocycles. The van der Waals surface area contributed by atoms with Gasteiger partial charge in [-0.1, -0.05) is 23.8 Å². The molecule has 1 heterocycles. The minimum absolute atomic E-state index is 0.242. The lowest BCUT2D eigenvalue weighted by Crippen LogP contribution is -2.41. The molecule has 0 aliphatic carbocycles. The number of hydrogen-bond acceptors (Lipinski definition) is 5. The van der Waals surface area contributed by atoms with E-state index in [1.807, 2.05) is 26.0 Å². The highest BCUT2D eigenvalue weighted by molar-refractivity contribution is 6.09. The largest absolute Gasteiger partial charge is 0.493 e. The normalized spacial score (nSPS) is 18.2. The molecule has 6 heteroatoms. The monoisotopic (exact) mass is 383 g/mol. The topological polar surface area (TPSA) is 76.1 Å². The fourth-order valence-electron chi connectivity index (χ4n) is 3.92. The van der Waals surface area contributed by atoms with Gasteiger partial charge in [0.15, 0.2) is 17.1 Å². The van der Waals surface area contributed by atoms with Crippen molar-refractivity contribution in [2.45, 2.75) is 39.3 Å². The number of methoxy groups -OCH3 is 2. The smallest absolute Gasteiger partial charge is 0.264 e. The average molecular weight is 383 g/mol. The van der Waals surface area contributed by atoms with E-state index in [0.29, 0.717) is 22.7 Å². The number of amides is 1. The van der Waals surface area contributed by atoms with E-state index in [2.05, 4.69) is 0 Å². The molecule has 2 aromatic carbocycles. The predicted molar refractivity (Wildman–Crippen MR) is 106 cm³/mol. The van der Waals surface area contributed by atoms with Crippen LogP contribution in [0.3, 0.4) is 0 Å². The Morgan fingerprint density at radius 3 is 2.39 bits per heavy atom. The van der Waals surface area contributed by atoms with Crippen LogP contribution in [-0.4, -0.2) is 31.0 Å². The van der Waals surface area contributed by atoms with Crippen molar-refractivity contribution >= 4 is 17.4 Å². The van der Waals surface area contributed by atoms with E-state index < -0.39 is 11.5 Å². The van der Waals surface area contributed by atoms with Crippen molar-refractivity contribution in [2.75, 3.05) is 19.1 Å². The average Bonchev–Trinajstić information content (AvgIpc) is 2.83. The van der Waals surface area contributed by atoms with E-state index in [1.54, 1.807) is 37.3 Å². The van der Waals surface area contributed by atoms with Crippen LogP contribution in [-0.2, 0) is 21.7 Å². The molecule has 1 aliphatic rings. The summed E-state index contributed by atoms with van der Waals surface area (Å²) in [4.78, 5) is 26.6. The number of aryl methyl sites for hydroxylation is 2. The van der Waals surface area contributed by atoms with Crippen molar-refractivity contribution in [1.29, 1.82) is 0 Å². The molecular formula is C22H25NO5. The highest BCUT2D eigenvalue weighted by Crippen LogP contribution is 2.45. The zero-order chi connectivity index (χ0) is 20.6. The van der Waals surface area contributed by atoms with Gasteiger partial charge in [-0.05, 0) is 44.0 Å². The van der Waals surface area contributed by atoms with Gasteiger partial charge in [0.2, 0.25) is 0 Å². The summed E-state index contributed by atoms with van der Waals surface area (Å²) in [5.74, 6) is 0.431. The standard InChI is InChI=1S/C22H25NO5/c1-13-8-14(2)20-17(9-13)22(26,11-15(3)24)21(25)23(20)12-16-6-7-18(27-4)19(10-16)28-5/h6-10,26H,11-12H2,1-5H3. The number of hydrogen-bond donors (Lipinski definition) is 1. The first-order chi connectivity index (χ1) is 13.2. The second-order valence-corrected chi connectivity index (χ2v) is 7.30. The van der Waals surface area contributed by atoms with Gasteiger partial charge in [-0.15, -0.1) is 0 Å². The van der Waals surface area contributed by atoms with Crippen molar-refractivity contribution in [3.8, 4) is 11.5 Å². The Labute approximate surface area is 164 Å². The van der Waals surface area contributed by atoms with Crippen molar-refractivity contribution in [1.82, 2.24) is 0 Å². The lowest BCUT2D eigenvalue weighted by molar-refractivity contribution is -0.141. The summed E-state index contributed by atoms with van der Waals surface area (Å²) in [6.45, 7) is 5.43. The minimum atomic E-state index is -1.84. The van der Waals surface area contributed by atoms with Crippen molar-refractivity contribution in [2.24, 2.45) is 0 Å². The van der Waals surface area contributed by atoms with Crippen LogP contribution in [0.2, 0.25) is 0 Å². The third-order valence-electron chi connectivity index (χ3n) is 5.05. The molecule has 0 spiro atoms. The fourth-order valence-corrected chi connectivity index (χ4v) is 3.92. The molecule has 1 unspecified atom stereocenters. The summed E-state index contributed by atoms with van der Waals surface area (Å²) in [7, 11) is 3.11. The highest BCUT2D eigenvalue weighted by atomic mass is 16.5. The number of rotatable bonds is 6. The zero-order valence-corrected chi connectivity index (χ0v) is 16.8. The number of nitrogens with zero attached hydrogens (tertiary/aromatic N) is 1. The molecule has 0 fully saturated rings. The van der Waals surface area contributed by atoms with Gasteiger partial charge >= 0.3 is 0 Å². The number of fused-ring (bicyclic) bond motifs is 1. The molecule has 1 atom stereocenters. The third kappa shape index (κ3) is 3.24. The number of carbonyl (C=O) groups excluding carboxylic acids is 2. The van der Waals surface area contributed by atoms with E-state index in [1.165, 1.54) is 6.92 Å². The molecule has 6 nitrogen and oxygen atoms in total. The van der Waals surface area contributed by atoms with Crippen LogP contribution in [0.25, 0.3) is 0 Å². The second kappa shape index (κ2) is 7.28. The Balaban J connectivity index is 2.08. The molecule has 0 bridgehead atoms. The summed E-state index contributed by atoms with van der Waals surface area (Å²) in [6.07, 6.45) is -0.246. The second-order valence-electron chi connectivity index (χ2n) is 7.30. The lowest BCUT2D eigenvalue weighted by atomic mass is 9.88. The van der Waals surface area contributed by atoms with Crippen LogP contribution in [0.4, 0.5) is 5.69 Å². The van der Waals surface area contributed by atoms with Crippen LogP contribution in [0.5, 0.6) is 11.5 Å². The van der Waals surface area contributed by atoms with Gasteiger partial charge in [-0.25, -0.2) is 0 Å². The number of carbonyl (C=O) groups is 2. The first-order valence-electron chi connectivity index (χ1n) is 9.07. The predicted octanol–water partition coefficient (Wildman–Crippen LogP) is 3.03. The van der Waals surface area contributed by atoms with Crippen LogP contribution in [0.15, 0.2) is 30.3 Å². The highest BCUT2D eigenvalue weighted by Gasteiger charge is 2.51. The van der Waals surface area contributed by atoms with Gasteiger partial charge in [0.05, 0.1) is 26.5 Å². The Morgan fingerprint density at radius 2 is 1.79 bits per heavy atom. The molecule has 0 saturated heterocycles. The van der Waals surface area contributed by atoms with Crippen molar-refractivity contribution in [3.63, 3.8) is 0 Å². The molecule has 1 aliphatic heterocycles. The molecule has 2 aromatic rings. The Kier molecular flexibility index (Phi) is 5.17. The zero-order valence-electron chi connectivity index (χ0n) is 16.8. The van der Waals surface area contributed by atoms with E-state index in [0.717, 1.165) is 16.7 Å².